The van der Waals surface area contributed by atoms with Gasteiger partial charge in [-0.15, -0.1) is 0 Å². The number of rotatable bonds is 6. The van der Waals surface area contributed by atoms with E-state index >= 15 is 0 Å². The Bertz CT molecular complexity index is 557. The molecular formula is C16H25N3O4. The van der Waals surface area contributed by atoms with E-state index in [1.165, 1.54) is 0 Å². The van der Waals surface area contributed by atoms with Crippen LogP contribution in [0.25, 0.3) is 0 Å². The molecule has 1 aliphatic rings. The molecule has 1 aliphatic heterocycles. The summed E-state index contributed by atoms with van der Waals surface area (Å²) in [5.41, 5.74) is 1.28. The van der Waals surface area contributed by atoms with Crippen molar-refractivity contribution in [2.24, 2.45) is 0 Å². The predicted octanol–water partition coefficient (Wildman–Crippen LogP) is 0.872. The van der Waals surface area contributed by atoms with E-state index < -0.39 is 0 Å². The highest BCUT2D eigenvalue weighted by molar-refractivity contribution is 6.02. The fraction of sp³-hybridized carbons (Fsp3) is 0.562. The number of methoxy groups -OCH3 is 3. The van der Waals surface area contributed by atoms with Crippen molar-refractivity contribution in [3.8, 4) is 17.2 Å². The molecule has 7 heteroatoms. The molecule has 0 spiro atoms. The number of nitrogens with one attached hydrogen (secondary N) is 2. The highest BCUT2D eigenvalue weighted by Gasteiger charge is 2.28. The van der Waals surface area contributed by atoms with Crippen molar-refractivity contribution in [2.45, 2.75) is 6.92 Å². The monoisotopic (exact) mass is 323 g/mol. The number of carbonyl (C=O) groups is 1. The standard InChI is InChI=1S/C16H25N3O4/c1-5-18-16(20)11-10-12(21-2)14(22-3)15(23-4)13(11)19-8-6-17-7-9-19/h10,17H,5-9H2,1-4H3,(H,18,20). The Hall–Kier alpha value is -2.15. The minimum atomic E-state index is -0.153. The lowest BCUT2D eigenvalue weighted by atomic mass is 10.1. The molecule has 2 rings (SSSR count). The summed E-state index contributed by atoms with van der Waals surface area (Å²) in [5.74, 6) is 1.34. The van der Waals surface area contributed by atoms with E-state index in [4.69, 9.17) is 14.2 Å². The smallest absolute Gasteiger partial charge is 0.253 e. The molecule has 1 fully saturated rings. The summed E-state index contributed by atoms with van der Waals surface area (Å²) in [4.78, 5) is 14.7. The molecule has 1 aromatic carbocycles. The highest BCUT2D eigenvalue weighted by Crippen LogP contribution is 2.46. The fourth-order valence-corrected chi connectivity index (χ4v) is 2.77. The molecule has 0 atom stereocenters. The zero-order chi connectivity index (χ0) is 16.8. The third-order valence-electron chi connectivity index (χ3n) is 3.82. The van der Waals surface area contributed by atoms with E-state index in [0.29, 0.717) is 29.4 Å². The highest BCUT2D eigenvalue weighted by atomic mass is 16.5. The van der Waals surface area contributed by atoms with Gasteiger partial charge >= 0.3 is 0 Å². The summed E-state index contributed by atoms with van der Waals surface area (Å²) in [7, 11) is 4.68. The Kier molecular flexibility index (Phi) is 5.92. The molecule has 0 radical (unpaired) electrons. The number of anilines is 1. The maximum Gasteiger partial charge on any atom is 0.253 e. The SMILES string of the molecule is CCNC(=O)c1cc(OC)c(OC)c(OC)c1N1CCNCC1. The lowest BCUT2D eigenvalue weighted by Crippen LogP contribution is -2.44. The molecule has 23 heavy (non-hydrogen) atoms. The maximum absolute atomic E-state index is 12.5. The second-order valence-corrected chi connectivity index (χ2v) is 5.14. The molecule has 1 heterocycles. The first-order chi connectivity index (χ1) is 11.2. The molecule has 0 saturated carbocycles. The number of ether oxygens (including phenoxy) is 3. The summed E-state index contributed by atoms with van der Waals surface area (Å²) in [6.07, 6.45) is 0. The molecule has 1 amide bonds. The van der Waals surface area contributed by atoms with Crippen LogP contribution >= 0.6 is 0 Å². The van der Waals surface area contributed by atoms with Crippen molar-refractivity contribution in [3.05, 3.63) is 11.6 Å². The van der Waals surface area contributed by atoms with Crippen LogP contribution in [0.15, 0.2) is 6.07 Å². The van der Waals surface area contributed by atoms with Crippen LogP contribution in [-0.4, -0.2) is 60.0 Å². The molecule has 7 nitrogen and oxygen atoms in total. The first-order valence-electron chi connectivity index (χ1n) is 7.74. The lowest BCUT2D eigenvalue weighted by Gasteiger charge is -2.32. The molecule has 0 unspecified atom stereocenters. The van der Waals surface area contributed by atoms with Crippen molar-refractivity contribution in [3.63, 3.8) is 0 Å². The Morgan fingerprint density at radius 2 is 1.83 bits per heavy atom. The minimum absolute atomic E-state index is 0.153. The third kappa shape index (κ3) is 3.44. The second kappa shape index (κ2) is 7.92. The van der Waals surface area contributed by atoms with Gasteiger partial charge in [0.05, 0.1) is 32.6 Å². The number of carbonyl (C=O) groups excluding carboxylic acids is 1. The lowest BCUT2D eigenvalue weighted by molar-refractivity contribution is 0.0955. The van der Waals surface area contributed by atoms with Crippen LogP contribution < -0.4 is 29.7 Å². The average molecular weight is 323 g/mol. The van der Waals surface area contributed by atoms with Crippen LogP contribution in [-0.2, 0) is 0 Å². The number of benzene rings is 1. The fourth-order valence-electron chi connectivity index (χ4n) is 2.77. The third-order valence-corrected chi connectivity index (χ3v) is 3.82. The summed E-state index contributed by atoms with van der Waals surface area (Å²) in [5, 5.41) is 6.16. The van der Waals surface area contributed by atoms with Crippen molar-refractivity contribution < 1.29 is 19.0 Å². The summed E-state index contributed by atoms with van der Waals surface area (Å²) < 4.78 is 16.4. The maximum atomic E-state index is 12.5. The van der Waals surface area contributed by atoms with E-state index in [0.717, 1.165) is 31.9 Å². The van der Waals surface area contributed by atoms with Crippen LogP contribution in [0.2, 0.25) is 0 Å². The molecule has 0 aliphatic carbocycles. The van der Waals surface area contributed by atoms with Gasteiger partial charge in [-0.25, -0.2) is 0 Å². The van der Waals surface area contributed by atoms with Gasteiger partial charge in [-0.3, -0.25) is 4.79 Å². The van der Waals surface area contributed by atoms with E-state index in [1.54, 1.807) is 27.4 Å². The van der Waals surface area contributed by atoms with Crippen molar-refractivity contribution >= 4 is 11.6 Å². The van der Waals surface area contributed by atoms with Crippen LogP contribution in [0, 0.1) is 0 Å². The topological polar surface area (TPSA) is 72.1 Å². The number of hydrogen-bond donors (Lipinski definition) is 2. The first-order valence-corrected chi connectivity index (χ1v) is 7.74. The van der Waals surface area contributed by atoms with Crippen molar-refractivity contribution in [2.75, 3.05) is 59.0 Å². The van der Waals surface area contributed by atoms with E-state index in [-0.39, 0.29) is 5.91 Å². The van der Waals surface area contributed by atoms with Gasteiger partial charge < -0.3 is 29.7 Å². The predicted molar refractivity (Wildman–Crippen MR) is 89.2 cm³/mol. The summed E-state index contributed by atoms with van der Waals surface area (Å²) in [6, 6.07) is 1.71. The van der Waals surface area contributed by atoms with E-state index in [2.05, 4.69) is 15.5 Å². The molecule has 1 aromatic rings. The van der Waals surface area contributed by atoms with E-state index in [9.17, 15) is 4.79 Å². The molecule has 2 N–H and O–H groups in total. The van der Waals surface area contributed by atoms with Gasteiger partial charge in [-0.2, -0.15) is 0 Å². The van der Waals surface area contributed by atoms with Crippen LogP contribution in [0.3, 0.4) is 0 Å². The zero-order valence-electron chi connectivity index (χ0n) is 14.2. The normalized spacial score (nSPS) is 14.3. The van der Waals surface area contributed by atoms with Gasteiger partial charge in [0.15, 0.2) is 11.5 Å². The second-order valence-electron chi connectivity index (χ2n) is 5.14. The average Bonchev–Trinajstić information content (AvgIpc) is 2.60. The molecule has 1 saturated heterocycles. The van der Waals surface area contributed by atoms with Gasteiger partial charge in [0.1, 0.15) is 0 Å². The number of piperazine rings is 1. The summed E-state index contributed by atoms with van der Waals surface area (Å²) in [6.45, 7) is 5.73. The van der Waals surface area contributed by atoms with Crippen LogP contribution in [0.1, 0.15) is 17.3 Å². The van der Waals surface area contributed by atoms with Crippen molar-refractivity contribution in [1.82, 2.24) is 10.6 Å². The zero-order valence-corrected chi connectivity index (χ0v) is 14.2. The summed E-state index contributed by atoms with van der Waals surface area (Å²) >= 11 is 0. The number of hydrogen-bond acceptors (Lipinski definition) is 6. The first kappa shape index (κ1) is 17.2. The largest absolute Gasteiger partial charge is 0.493 e. The number of amides is 1. The van der Waals surface area contributed by atoms with Gasteiger partial charge in [0.2, 0.25) is 5.75 Å². The Labute approximate surface area is 136 Å². The van der Waals surface area contributed by atoms with Gasteiger partial charge in [0, 0.05) is 32.7 Å². The van der Waals surface area contributed by atoms with Gasteiger partial charge in [0.25, 0.3) is 5.91 Å². The molecular weight excluding hydrogens is 298 g/mol. The van der Waals surface area contributed by atoms with Crippen LogP contribution in [0.5, 0.6) is 17.2 Å². The number of nitrogens with zero attached hydrogens (tertiary/aromatic N) is 1. The Morgan fingerprint density at radius 3 is 2.35 bits per heavy atom. The minimum Gasteiger partial charge on any atom is -0.493 e. The Balaban J connectivity index is 2.63. The quantitative estimate of drug-likeness (QED) is 0.809. The van der Waals surface area contributed by atoms with E-state index in [1.807, 2.05) is 6.92 Å². The van der Waals surface area contributed by atoms with Crippen molar-refractivity contribution in [1.29, 1.82) is 0 Å². The van der Waals surface area contributed by atoms with Gasteiger partial charge in [-0.1, -0.05) is 0 Å². The van der Waals surface area contributed by atoms with Crippen LogP contribution in [0.4, 0.5) is 5.69 Å². The van der Waals surface area contributed by atoms with Gasteiger partial charge in [-0.05, 0) is 13.0 Å². The molecule has 0 bridgehead atoms. The molecule has 0 aromatic heterocycles. The Morgan fingerprint density at radius 1 is 1.17 bits per heavy atom. The molecule has 128 valence electrons.